The van der Waals surface area contributed by atoms with Crippen LogP contribution in [0.5, 0.6) is 5.75 Å². The van der Waals surface area contributed by atoms with E-state index in [-0.39, 0.29) is 12.5 Å². The standard InChI is InChI=1S/C14H17N3O4/c1-19-9-13-16-12(17-21-13)7-8-15-14(18)10-3-5-11(20-2)6-4-10/h3-6H,7-9H2,1-2H3,(H,15,18). The van der Waals surface area contributed by atoms with Gasteiger partial charge in [0.15, 0.2) is 5.82 Å². The second kappa shape index (κ2) is 7.39. The van der Waals surface area contributed by atoms with Crippen LogP contribution in [-0.2, 0) is 17.8 Å². The molecule has 1 amide bonds. The third-order valence-corrected chi connectivity index (χ3v) is 2.76. The molecule has 2 aromatic rings. The minimum absolute atomic E-state index is 0.154. The van der Waals surface area contributed by atoms with Crippen LogP contribution in [0.2, 0.25) is 0 Å². The van der Waals surface area contributed by atoms with Crippen LogP contribution in [0.3, 0.4) is 0 Å². The molecular formula is C14H17N3O4. The number of hydrogen-bond donors (Lipinski definition) is 1. The molecule has 1 aromatic heterocycles. The molecule has 1 N–H and O–H groups in total. The lowest BCUT2D eigenvalue weighted by Gasteiger charge is -2.04. The van der Waals surface area contributed by atoms with E-state index in [0.29, 0.717) is 36.0 Å². The average molecular weight is 291 g/mol. The summed E-state index contributed by atoms with van der Waals surface area (Å²) in [6.07, 6.45) is 0.495. The highest BCUT2D eigenvalue weighted by Crippen LogP contribution is 2.11. The predicted octanol–water partition coefficient (Wildman–Crippen LogP) is 1.20. The Hall–Kier alpha value is -2.41. The molecule has 0 fully saturated rings. The molecule has 0 atom stereocenters. The van der Waals surface area contributed by atoms with Gasteiger partial charge in [-0.3, -0.25) is 4.79 Å². The zero-order valence-electron chi connectivity index (χ0n) is 12.0. The smallest absolute Gasteiger partial charge is 0.252 e. The van der Waals surface area contributed by atoms with Crippen molar-refractivity contribution < 1.29 is 18.8 Å². The Morgan fingerprint density at radius 2 is 2.05 bits per heavy atom. The number of amides is 1. The van der Waals surface area contributed by atoms with E-state index in [1.165, 1.54) is 0 Å². The van der Waals surface area contributed by atoms with Crippen LogP contribution in [0, 0.1) is 0 Å². The Kier molecular flexibility index (Phi) is 5.28. The molecule has 0 spiro atoms. The lowest BCUT2D eigenvalue weighted by Crippen LogP contribution is -2.25. The van der Waals surface area contributed by atoms with E-state index < -0.39 is 0 Å². The van der Waals surface area contributed by atoms with Crippen molar-refractivity contribution in [1.29, 1.82) is 0 Å². The van der Waals surface area contributed by atoms with E-state index in [1.807, 2.05) is 0 Å². The maximum absolute atomic E-state index is 11.9. The zero-order chi connectivity index (χ0) is 15.1. The molecule has 1 heterocycles. The number of hydrogen-bond acceptors (Lipinski definition) is 6. The van der Waals surface area contributed by atoms with Crippen molar-refractivity contribution in [3.05, 3.63) is 41.5 Å². The minimum atomic E-state index is -0.154. The van der Waals surface area contributed by atoms with E-state index in [9.17, 15) is 4.79 Å². The molecule has 0 aliphatic rings. The summed E-state index contributed by atoms with van der Waals surface area (Å²) in [4.78, 5) is 16.0. The van der Waals surface area contributed by atoms with Crippen molar-refractivity contribution in [2.75, 3.05) is 20.8 Å². The third kappa shape index (κ3) is 4.28. The average Bonchev–Trinajstić information content (AvgIpc) is 2.95. The second-order valence-corrected chi connectivity index (χ2v) is 4.27. The number of benzene rings is 1. The molecule has 0 bridgehead atoms. The van der Waals surface area contributed by atoms with Gasteiger partial charge in [-0.1, -0.05) is 5.16 Å². The Morgan fingerprint density at radius 3 is 2.71 bits per heavy atom. The zero-order valence-corrected chi connectivity index (χ0v) is 12.0. The molecule has 7 heteroatoms. The van der Waals surface area contributed by atoms with Gasteiger partial charge in [0.05, 0.1) is 7.11 Å². The number of ether oxygens (including phenoxy) is 2. The Labute approximate surface area is 122 Å². The normalized spacial score (nSPS) is 10.4. The molecule has 1 aromatic carbocycles. The first kappa shape index (κ1) is 15.0. The highest BCUT2D eigenvalue weighted by Gasteiger charge is 2.08. The van der Waals surface area contributed by atoms with Crippen LogP contribution in [0.1, 0.15) is 22.1 Å². The summed E-state index contributed by atoms with van der Waals surface area (Å²) in [6, 6.07) is 6.90. The van der Waals surface area contributed by atoms with Crippen molar-refractivity contribution >= 4 is 5.91 Å². The first-order valence-electron chi connectivity index (χ1n) is 6.45. The van der Waals surface area contributed by atoms with Gasteiger partial charge >= 0.3 is 0 Å². The van der Waals surface area contributed by atoms with Gasteiger partial charge in [-0.2, -0.15) is 4.98 Å². The fraction of sp³-hybridized carbons (Fsp3) is 0.357. The number of carbonyl (C=O) groups excluding carboxylic acids is 1. The summed E-state index contributed by atoms with van der Waals surface area (Å²) in [7, 11) is 3.14. The third-order valence-electron chi connectivity index (χ3n) is 2.76. The molecule has 21 heavy (non-hydrogen) atoms. The largest absolute Gasteiger partial charge is 0.497 e. The van der Waals surface area contributed by atoms with Crippen LogP contribution < -0.4 is 10.1 Å². The molecule has 0 unspecified atom stereocenters. The molecule has 0 radical (unpaired) electrons. The van der Waals surface area contributed by atoms with Crippen LogP contribution >= 0.6 is 0 Å². The highest BCUT2D eigenvalue weighted by atomic mass is 16.5. The van der Waals surface area contributed by atoms with Gasteiger partial charge in [-0.05, 0) is 24.3 Å². The maximum Gasteiger partial charge on any atom is 0.252 e. The monoisotopic (exact) mass is 291 g/mol. The molecule has 2 rings (SSSR count). The van der Waals surface area contributed by atoms with E-state index in [4.69, 9.17) is 14.0 Å². The van der Waals surface area contributed by atoms with Gasteiger partial charge in [-0.15, -0.1) is 0 Å². The van der Waals surface area contributed by atoms with Gasteiger partial charge in [0.2, 0.25) is 0 Å². The maximum atomic E-state index is 11.9. The Morgan fingerprint density at radius 1 is 1.29 bits per heavy atom. The quantitative estimate of drug-likeness (QED) is 0.824. The molecule has 0 aliphatic heterocycles. The lowest BCUT2D eigenvalue weighted by molar-refractivity contribution is 0.0954. The van der Waals surface area contributed by atoms with Crippen LogP contribution in [0.4, 0.5) is 0 Å². The van der Waals surface area contributed by atoms with E-state index in [0.717, 1.165) is 0 Å². The number of nitrogens with zero attached hydrogens (tertiary/aromatic N) is 2. The number of methoxy groups -OCH3 is 2. The van der Waals surface area contributed by atoms with Crippen LogP contribution in [0.25, 0.3) is 0 Å². The van der Waals surface area contributed by atoms with E-state index >= 15 is 0 Å². The molecule has 0 saturated carbocycles. The minimum Gasteiger partial charge on any atom is -0.497 e. The fourth-order valence-electron chi connectivity index (χ4n) is 1.71. The van der Waals surface area contributed by atoms with Crippen molar-refractivity contribution in [2.24, 2.45) is 0 Å². The summed E-state index contributed by atoms with van der Waals surface area (Å²) in [5, 5.41) is 6.59. The summed E-state index contributed by atoms with van der Waals surface area (Å²) in [5.74, 6) is 1.52. The second-order valence-electron chi connectivity index (χ2n) is 4.27. The SMILES string of the molecule is COCc1nc(CCNC(=O)c2ccc(OC)cc2)no1. The fourth-order valence-corrected chi connectivity index (χ4v) is 1.71. The van der Waals surface area contributed by atoms with Crippen molar-refractivity contribution in [1.82, 2.24) is 15.5 Å². The van der Waals surface area contributed by atoms with Gasteiger partial charge in [-0.25, -0.2) is 0 Å². The molecular weight excluding hydrogens is 274 g/mol. The summed E-state index contributed by atoms with van der Waals surface area (Å²) in [5.41, 5.74) is 0.573. The molecule has 112 valence electrons. The topological polar surface area (TPSA) is 86.5 Å². The number of nitrogens with one attached hydrogen (secondary N) is 1. The number of carbonyl (C=O) groups is 1. The van der Waals surface area contributed by atoms with Gasteiger partial charge < -0.3 is 19.3 Å². The molecule has 0 aliphatic carbocycles. The van der Waals surface area contributed by atoms with E-state index in [2.05, 4.69) is 15.5 Å². The predicted molar refractivity (Wildman–Crippen MR) is 74.0 cm³/mol. The van der Waals surface area contributed by atoms with Crippen molar-refractivity contribution in [3.63, 3.8) is 0 Å². The molecule has 7 nitrogen and oxygen atoms in total. The summed E-state index contributed by atoms with van der Waals surface area (Å²) >= 11 is 0. The first-order valence-corrected chi connectivity index (χ1v) is 6.45. The van der Waals surface area contributed by atoms with Gasteiger partial charge in [0.25, 0.3) is 11.8 Å². The Balaban J connectivity index is 1.80. The van der Waals surface area contributed by atoms with Crippen LogP contribution in [0.15, 0.2) is 28.8 Å². The number of aromatic nitrogens is 2. The first-order chi connectivity index (χ1) is 10.2. The van der Waals surface area contributed by atoms with Crippen molar-refractivity contribution in [2.45, 2.75) is 13.0 Å². The molecule has 0 saturated heterocycles. The Bertz CT molecular complexity index is 580. The highest BCUT2D eigenvalue weighted by molar-refractivity contribution is 5.94. The van der Waals surface area contributed by atoms with Crippen molar-refractivity contribution in [3.8, 4) is 5.75 Å². The lowest BCUT2D eigenvalue weighted by atomic mass is 10.2. The van der Waals surface area contributed by atoms with E-state index in [1.54, 1.807) is 38.5 Å². The summed E-state index contributed by atoms with van der Waals surface area (Å²) < 4.78 is 14.9. The van der Waals surface area contributed by atoms with Gasteiger partial charge in [0.1, 0.15) is 12.4 Å². The van der Waals surface area contributed by atoms with Gasteiger partial charge in [0, 0.05) is 25.6 Å². The number of rotatable bonds is 7. The van der Waals surface area contributed by atoms with Crippen LogP contribution in [-0.4, -0.2) is 36.8 Å². The summed E-state index contributed by atoms with van der Waals surface area (Å²) in [6.45, 7) is 0.710.